The molecule has 0 aliphatic rings. The molecule has 3 aromatic rings. The molecule has 0 bridgehead atoms. The van der Waals surface area contributed by atoms with Crippen molar-refractivity contribution in [3.8, 4) is 0 Å². The standard InChI is InChI=1S/C19H19FN2O2/c20-15-6-3-5-14(10-15)18(23)12-19(24)21-9-8-16-11-13-4-1-2-7-17(13)22-16/h1-7,10-11,18,22-23H,8-9,12H2,(H,21,24). The van der Waals surface area contributed by atoms with Gasteiger partial charge < -0.3 is 15.4 Å². The lowest BCUT2D eigenvalue weighted by molar-refractivity contribution is -0.123. The van der Waals surface area contributed by atoms with Crippen molar-refractivity contribution in [2.24, 2.45) is 0 Å². The van der Waals surface area contributed by atoms with Crippen LogP contribution >= 0.6 is 0 Å². The van der Waals surface area contributed by atoms with Crippen molar-refractivity contribution in [1.82, 2.24) is 10.3 Å². The van der Waals surface area contributed by atoms with E-state index in [0.717, 1.165) is 16.6 Å². The van der Waals surface area contributed by atoms with E-state index in [4.69, 9.17) is 0 Å². The lowest BCUT2D eigenvalue weighted by Gasteiger charge is -2.11. The Labute approximate surface area is 139 Å². The monoisotopic (exact) mass is 326 g/mol. The van der Waals surface area contributed by atoms with Crippen LogP contribution in [0.3, 0.4) is 0 Å². The molecule has 0 spiro atoms. The number of para-hydroxylation sites is 1. The summed E-state index contributed by atoms with van der Waals surface area (Å²) in [7, 11) is 0. The number of fused-ring (bicyclic) bond motifs is 1. The largest absolute Gasteiger partial charge is 0.388 e. The highest BCUT2D eigenvalue weighted by Crippen LogP contribution is 2.17. The number of hydrogen-bond acceptors (Lipinski definition) is 2. The average Bonchev–Trinajstić information content (AvgIpc) is 2.97. The number of amides is 1. The second-order valence-corrected chi connectivity index (χ2v) is 5.76. The van der Waals surface area contributed by atoms with Crippen LogP contribution in [0.4, 0.5) is 4.39 Å². The Morgan fingerprint density at radius 3 is 2.79 bits per heavy atom. The van der Waals surface area contributed by atoms with Gasteiger partial charge in [-0.2, -0.15) is 0 Å². The minimum Gasteiger partial charge on any atom is -0.388 e. The van der Waals surface area contributed by atoms with E-state index in [-0.39, 0.29) is 12.3 Å². The second-order valence-electron chi connectivity index (χ2n) is 5.76. The van der Waals surface area contributed by atoms with Gasteiger partial charge in [0.1, 0.15) is 5.82 Å². The van der Waals surface area contributed by atoms with Gasteiger partial charge in [-0.15, -0.1) is 0 Å². The quantitative estimate of drug-likeness (QED) is 0.652. The number of benzene rings is 2. The van der Waals surface area contributed by atoms with Crippen LogP contribution in [-0.4, -0.2) is 22.5 Å². The molecule has 0 aliphatic carbocycles. The number of carbonyl (C=O) groups is 1. The Morgan fingerprint density at radius 2 is 2.00 bits per heavy atom. The van der Waals surface area contributed by atoms with Gasteiger partial charge in [-0.25, -0.2) is 4.39 Å². The van der Waals surface area contributed by atoms with Crippen LogP contribution in [0, 0.1) is 5.82 Å². The minimum atomic E-state index is -1.01. The number of nitrogens with one attached hydrogen (secondary N) is 2. The van der Waals surface area contributed by atoms with Gasteiger partial charge >= 0.3 is 0 Å². The molecular weight excluding hydrogens is 307 g/mol. The zero-order valence-electron chi connectivity index (χ0n) is 13.1. The molecule has 5 heteroatoms. The van der Waals surface area contributed by atoms with Crippen molar-refractivity contribution in [1.29, 1.82) is 0 Å². The van der Waals surface area contributed by atoms with E-state index in [9.17, 15) is 14.3 Å². The number of hydrogen-bond donors (Lipinski definition) is 3. The zero-order chi connectivity index (χ0) is 16.9. The van der Waals surface area contributed by atoms with Crippen LogP contribution in [-0.2, 0) is 11.2 Å². The molecule has 0 saturated carbocycles. The number of rotatable bonds is 6. The molecule has 1 atom stereocenters. The van der Waals surface area contributed by atoms with E-state index < -0.39 is 11.9 Å². The summed E-state index contributed by atoms with van der Waals surface area (Å²) in [6, 6.07) is 15.7. The first-order chi connectivity index (χ1) is 11.6. The molecule has 124 valence electrons. The third kappa shape index (κ3) is 4.00. The fraction of sp³-hybridized carbons (Fsp3) is 0.211. The van der Waals surface area contributed by atoms with Crippen molar-refractivity contribution in [3.63, 3.8) is 0 Å². The van der Waals surface area contributed by atoms with Crippen LogP contribution in [0.25, 0.3) is 10.9 Å². The number of halogens is 1. The van der Waals surface area contributed by atoms with Crippen molar-refractivity contribution < 1.29 is 14.3 Å². The summed E-state index contributed by atoms with van der Waals surface area (Å²) in [4.78, 5) is 15.2. The van der Waals surface area contributed by atoms with Gasteiger partial charge in [0.2, 0.25) is 5.91 Å². The average molecular weight is 326 g/mol. The van der Waals surface area contributed by atoms with Crippen molar-refractivity contribution >= 4 is 16.8 Å². The highest BCUT2D eigenvalue weighted by molar-refractivity contribution is 5.80. The fourth-order valence-electron chi connectivity index (χ4n) is 2.68. The third-order valence-electron chi connectivity index (χ3n) is 3.91. The van der Waals surface area contributed by atoms with Crippen LogP contribution in [0.1, 0.15) is 23.8 Å². The maximum absolute atomic E-state index is 13.1. The molecule has 3 rings (SSSR count). The number of aliphatic hydroxyl groups is 1. The molecule has 0 saturated heterocycles. The van der Waals surface area contributed by atoms with Gasteiger partial charge in [-0.05, 0) is 35.2 Å². The van der Waals surface area contributed by atoms with Gasteiger partial charge in [-0.1, -0.05) is 30.3 Å². The lowest BCUT2D eigenvalue weighted by atomic mass is 10.1. The first kappa shape index (κ1) is 16.2. The molecule has 0 aliphatic heterocycles. The van der Waals surface area contributed by atoms with E-state index in [1.54, 1.807) is 6.07 Å². The van der Waals surface area contributed by atoms with E-state index in [1.807, 2.05) is 24.3 Å². The predicted molar refractivity (Wildman–Crippen MR) is 91.0 cm³/mol. The van der Waals surface area contributed by atoms with Crippen LogP contribution in [0.5, 0.6) is 0 Å². The summed E-state index contributed by atoms with van der Waals surface area (Å²) in [5.74, 6) is -0.686. The molecule has 4 nitrogen and oxygen atoms in total. The smallest absolute Gasteiger partial charge is 0.222 e. The molecule has 1 amide bonds. The Balaban J connectivity index is 1.48. The molecule has 0 radical (unpaired) electrons. The predicted octanol–water partition coefficient (Wildman–Crippen LogP) is 3.09. The molecule has 3 N–H and O–H groups in total. The second kappa shape index (κ2) is 7.27. The van der Waals surface area contributed by atoms with Crippen molar-refractivity contribution in [3.05, 3.63) is 71.7 Å². The summed E-state index contributed by atoms with van der Waals surface area (Å²) in [6.07, 6.45) is -0.416. The highest BCUT2D eigenvalue weighted by atomic mass is 19.1. The topological polar surface area (TPSA) is 65.1 Å². The van der Waals surface area contributed by atoms with Gasteiger partial charge in [0.25, 0.3) is 0 Å². The van der Waals surface area contributed by atoms with Crippen LogP contribution in [0.2, 0.25) is 0 Å². The van der Waals surface area contributed by atoms with Crippen molar-refractivity contribution in [2.75, 3.05) is 6.54 Å². The number of aromatic nitrogens is 1. The summed E-state index contributed by atoms with van der Waals surface area (Å²) in [6.45, 7) is 0.474. The Kier molecular flexibility index (Phi) is 4.91. The maximum atomic E-state index is 13.1. The molecule has 1 aromatic heterocycles. The number of aromatic amines is 1. The number of carbonyl (C=O) groups excluding carboxylic acids is 1. The minimum absolute atomic E-state index is 0.0871. The molecule has 24 heavy (non-hydrogen) atoms. The Morgan fingerprint density at radius 1 is 1.17 bits per heavy atom. The SMILES string of the molecule is O=C(CC(O)c1cccc(F)c1)NCCc1cc2ccccc2[nH]1. The van der Waals surface area contributed by atoms with Gasteiger partial charge in [0.15, 0.2) is 0 Å². The molecule has 1 unspecified atom stereocenters. The lowest BCUT2D eigenvalue weighted by Crippen LogP contribution is -2.27. The molecule has 2 aromatic carbocycles. The van der Waals surface area contributed by atoms with Crippen LogP contribution < -0.4 is 5.32 Å². The Bertz CT molecular complexity index is 811. The summed E-state index contributed by atoms with van der Waals surface area (Å²) in [5.41, 5.74) is 2.52. The van der Waals surface area contributed by atoms with Crippen molar-refractivity contribution in [2.45, 2.75) is 18.9 Å². The van der Waals surface area contributed by atoms with Gasteiger partial charge in [0.05, 0.1) is 12.5 Å². The normalized spacial score (nSPS) is 12.2. The number of aliphatic hydroxyl groups excluding tert-OH is 1. The van der Waals surface area contributed by atoms with Crippen LogP contribution in [0.15, 0.2) is 54.6 Å². The molecule has 1 heterocycles. The maximum Gasteiger partial charge on any atom is 0.222 e. The van der Waals surface area contributed by atoms with Gasteiger partial charge in [-0.3, -0.25) is 4.79 Å². The third-order valence-corrected chi connectivity index (χ3v) is 3.91. The first-order valence-corrected chi connectivity index (χ1v) is 7.88. The highest BCUT2D eigenvalue weighted by Gasteiger charge is 2.13. The summed E-state index contributed by atoms with van der Waals surface area (Å²) in [5, 5.41) is 13.9. The number of H-pyrrole nitrogens is 1. The summed E-state index contributed by atoms with van der Waals surface area (Å²) < 4.78 is 13.1. The van der Waals surface area contributed by atoms with E-state index in [1.165, 1.54) is 18.2 Å². The zero-order valence-corrected chi connectivity index (χ0v) is 13.1. The first-order valence-electron chi connectivity index (χ1n) is 7.88. The molecular formula is C19H19FN2O2. The van der Waals surface area contributed by atoms with E-state index >= 15 is 0 Å². The fourth-order valence-corrected chi connectivity index (χ4v) is 2.68. The van der Waals surface area contributed by atoms with Gasteiger partial charge in [0, 0.05) is 24.2 Å². The molecule has 0 fully saturated rings. The summed E-state index contributed by atoms with van der Waals surface area (Å²) >= 11 is 0. The van der Waals surface area contributed by atoms with E-state index in [0.29, 0.717) is 18.5 Å². The van der Waals surface area contributed by atoms with E-state index in [2.05, 4.69) is 16.4 Å². The Hall–Kier alpha value is -2.66.